The molecule has 3 rings (SSSR count). The lowest BCUT2D eigenvalue weighted by Gasteiger charge is -2.19. The number of amides is 2. The molecule has 0 unspecified atom stereocenters. The molecule has 0 aliphatic heterocycles. The molecule has 0 aliphatic rings. The van der Waals surface area contributed by atoms with Crippen molar-refractivity contribution >= 4 is 62.0 Å². The zero-order valence-electron chi connectivity index (χ0n) is 25.8. The van der Waals surface area contributed by atoms with Crippen LogP contribution in [0.2, 0.25) is 0 Å². The number of hydrogen-bond donors (Lipinski definition) is 3. The molecular weight excluding hydrogens is 597 g/mol. The fraction of sp³-hybridized carbons (Fsp3) is 0.438. The van der Waals surface area contributed by atoms with E-state index in [2.05, 4.69) is 74.2 Å². The molecule has 1 heterocycles. The molecule has 0 saturated heterocycles. The zero-order chi connectivity index (χ0) is 31.6. The van der Waals surface area contributed by atoms with Crippen LogP contribution < -0.4 is 11.1 Å². The van der Waals surface area contributed by atoms with Crippen molar-refractivity contribution < 1.29 is 9.59 Å². The van der Waals surface area contributed by atoms with Crippen molar-refractivity contribution in [3.63, 3.8) is 0 Å². The highest BCUT2D eigenvalue weighted by molar-refractivity contribution is 8.26. The lowest BCUT2D eigenvalue weighted by molar-refractivity contribution is -0.117. The van der Waals surface area contributed by atoms with Gasteiger partial charge in [-0.3, -0.25) is 15.0 Å². The van der Waals surface area contributed by atoms with Crippen molar-refractivity contribution in [2.75, 3.05) is 16.8 Å². The van der Waals surface area contributed by atoms with E-state index in [9.17, 15) is 9.59 Å². The molecule has 43 heavy (non-hydrogen) atoms. The number of nitrogens with zero attached hydrogens (tertiary/aromatic N) is 3. The van der Waals surface area contributed by atoms with Crippen LogP contribution in [-0.4, -0.2) is 43.7 Å². The first kappa shape index (κ1) is 34.5. The number of anilines is 1. The van der Waals surface area contributed by atoms with Gasteiger partial charge in [0.25, 0.3) is 5.91 Å². The maximum atomic E-state index is 12.5. The number of aromatic nitrogens is 2. The van der Waals surface area contributed by atoms with E-state index in [0.717, 1.165) is 45.8 Å². The highest BCUT2D eigenvalue weighted by atomic mass is 32.2. The number of rotatable bonds is 11. The van der Waals surface area contributed by atoms with Crippen molar-refractivity contribution in [3.8, 4) is 0 Å². The van der Waals surface area contributed by atoms with Crippen molar-refractivity contribution in [2.24, 2.45) is 10.7 Å². The Balaban J connectivity index is 1.31. The van der Waals surface area contributed by atoms with Crippen molar-refractivity contribution in [1.82, 2.24) is 10.2 Å². The number of carbonyl (C=O) groups excluding carboxylic acids is 2. The molecule has 4 N–H and O–H groups in total. The molecule has 0 fully saturated rings. The van der Waals surface area contributed by atoms with Crippen LogP contribution in [0.1, 0.15) is 75.2 Å². The van der Waals surface area contributed by atoms with Gasteiger partial charge in [0.15, 0.2) is 5.17 Å². The number of thioether (sulfide) groups is 2. The molecule has 0 saturated carbocycles. The van der Waals surface area contributed by atoms with Gasteiger partial charge >= 0.3 is 0 Å². The third kappa shape index (κ3) is 12.2. The summed E-state index contributed by atoms with van der Waals surface area (Å²) in [6.07, 6.45) is 1.72. The van der Waals surface area contributed by atoms with E-state index >= 15 is 0 Å². The van der Waals surface area contributed by atoms with Gasteiger partial charge in [-0.25, -0.2) is 0 Å². The SMILES string of the molecule is CC(C)(C)c1ccc(CC(=O)N=C(N)SC(=N)CCSCCc2nnc(NC(=O)Cc3ccc(C(C)(C)C)cc3)s2)cc1. The summed E-state index contributed by atoms with van der Waals surface area (Å²) in [4.78, 5) is 28.7. The number of aliphatic imine (C=N–C) groups is 1. The number of aryl methyl sites for hydroxylation is 1. The molecule has 2 amide bonds. The Labute approximate surface area is 267 Å². The third-order valence-electron chi connectivity index (χ3n) is 6.47. The Kier molecular flexibility index (Phi) is 12.5. The molecule has 230 valence electrons. The van der Waals surface area contributed by atoms with E-state index in [4.69, 9.17) is 11.1 Å². The quantitative estimate of drug-likeness (QED) is 0.120. The predicted molar refractivity (Wildman–Crippen MR) is 184 cm³/mol. The minimum atomic E-state index is -0.321. The Morgan fingerprint density at radius 3 is 2.00 bits per heavy atom. The Morgan fingerprint density at radius 1 is 0.884 bits per heavy atom. The fourth-order valence-corrected chi connectivity index (χ4v) is 6.47. The van der Waals surface area contributed by atoms with Gasteiger partial charge in [0, 0.05) is 12.8 Å². The molecule has 0 radical (unpaired) electrons. The molecule has 1 aromatic heterocycles. The lowest BCUT2D eigenvalue weighted by Crippen LogP contribution is -2.15. The summed E-state index contributed by atoms with van der Waals surface area (Å²) < 4.78 is 0. The molecule has 11 heteroatoms. The van der Waals surface area contributed by atoms with Gasteiger partial charge in [0.05, 0.1) is 17.9 Å². The van der Waals surface area contributed by atoms with E-state index in [-0.39, 0.29) is 40.7 Å². The summed E-state index contributed by atoms with van der Waals surface area (Å²) in [6, 6.07) is 16.1. The van der Waals surface area contributed by atoms with E-state index in [0.29, 0.717) is 16.6 Å². The van der Waals surface area contributed by atoms with Crippen molar-refractivity contribution in [3.05, 3.63) is 75.8 Å². The Bertz CT molecular complexity index is 1420. The minimum absolute atomic E-state index is 0.0570. The lowest BCUT2D eigenvalue weighted by atomic mass is 9.86. The van der Waals surface area contributed by atoms with E-state index < -0.39 is 0 Å². The van der Waals surface area contributed by atoms with Crippen LogP contribution in [0, 0.1) is 5.41 Å². The zero-order valence-corrected chi connectivity index (χ0v) is 28.3. The van der Waals surface area contributed by atoms with Gasteiger partial charge in [-0.05, 0) is 56.4 Å². The average Bonchev–Trinajstić information content (AvgIpc) is 3.34. The van der Waals surface area contributed by atoms with Gasteiger partial charge in [0.1, 0.15) is 5.01 Å². The van der Waals surface area contributed by atoms with E-state index in [1.54, 1.807) is 11.8 Å². The first-order valence-electron chi connectivity index (χ1n) is 14.2. The number of hydrogen-bond acceptors (Lipinski definition) is 8. The van der Waals surface area contributed by atoms with Crippen LogP contribution in [0.25, 0.3) is 0 Å². The second-order valence-corrected chi connectivity index (χ2v) is 15.7. The first-order chi connectivity index (χ1) is 20.2. The maximum Gasteiger partial charge on any atom is 0.252 e. The van der Waals surface area contributed by atoms with Crippen LogP contribution in [-0.2, 0) is 39.7 Å². The molecule has 8 nitrogen and oxygen atoms in total. The molecule has 0 bridgehead atoms. The van der Waals surface area contributed by atoms with Gasteiger partial charge in [-0.15, -0.1) is 10.2 Å². The summed E-state index contributed by atoms with van der Waals surface area (Å²) in [5, 5.41) is 21.1. The number of amidine groups is 1. The van der Waals surface area contributed by atoms with Crippen LogP contribution in [0.5, 0.6) is 0 Å². The molecule has 3 aromatic rings. The summed E-state index contributed by atoms with van der Waals surface area (Å²) in [6.45, 7) is 12.9. The monoisotopic (exact) mass is 638 g/mol. The highest BCUT2D eigenvalue weighted by Crippen LogP contribution is 2.24. The van der Waals surface area contributed by atoms with E-state index in [1.807, 2.05) is 36.4 Å². The fourth-order valence-electron chi connectivity index (χ4n) is 3.96. The predicted octanol–water partition coefficient (Wildman–Crippen LogP) is 6.77. The van der Waals surface area contributed by atoms with Crippen LogP contribution in [0.3, 0.4) is 0 Å². The topological polar surface area (TPSA) is 134 Å². The molecule has 0 aliphatic carbocycles. The van der Waals surface area contributed by atoms with Crippen LogP contribution >= 0.6 is 34.9 Å². The minimum Gasteiger partial charge on any atom is -0.378 e. The largest absolute Gasteiger partial charge is 0.378 e. The van der Waals surface area contributed by atoms with Gasteiger partial charge in [-0.1, -0.05) is 101 Å². The Morgan fingerprint density at radius 2 is 1.44 bits per heavy atom. The third-order valence-corrected chi connectivity index (χ3v) is 9.10. The number of nitrogens with two attached hydrogens (primary N) is 1. The normalized spacial score (nSPS) is 12.3. The molecule has 0 atom stereocenters. The molecule has 2 aromatic carbocycles. The smallest absolute Gasteiger partial charge is 0.252 e. The molecule has 0 spiro atoms. The number of carbonyl (C=O) groups is 2. The maximum absolute atomic E-state index is 12.5. The Hall–Kier alpha value is -3.02. The van der Waals surface area contributed by atoms with Gasteiger partial charge < -0.3 is 11.1 Å². The standard InChI is InChI=1S/C32H42N6O2S3/c1-31(2,3)23-11-7-21(8-12-23)19-26(39)35-29(34)42-25(33)15-17-41-18-16-28-37-38-30(43-28)36-27(40)20-22-9-13-24(14-10-22)32(4,5)6/h7-14,33H,15-20H2,1-6H3,(H2,34,35,39)(H,36,38,40). The van der Waals surface area contributed by atoms with Crippen LogP contribution in [0.4, 0.5) is 5.13 Å². The van der Waals surface area contributed by atoms with E-state index in [1.165, 1.54) is 22.5 Å². The highest BCUT2D eigenvalue weighted by Gasteiger charge is 2.15. The summed E-state index contributed by atoms with van der Waals surface area (Å²) in [5.41, 5.74) is 10.3. The second-order valence-electron chi connectivity index (χ2n) is 12.3. The summed E-state index contributed by atoms with van der Waals surface area (Å²) >= 11 is 4.11. The van der Waals surface area contributed by atoms with Crippen molar-refractivity contribution in [1.29, 1.82) is 5.41 Å². The van der Waals surface area contributed by atoms with Gasteiger partial charge in [0.2, 0.25) is 11.0 Å². The van der Waals surface area contributed by atoms with Gasteiger partial charge in [-0.2, -0.15) is 16.8 Å². The summed E-state index contributed by atoms with van der Waals surface area (Å²) in [7, 11) is 0. The van der Waals surface area contributed by atoms with Crippen LogP contribution in [0.15, 0.2) is 53.5 Å². The number of benzene rings is 2. The van der Waals surface area contributed by atoms with Crippen molar-refractivity contribution in [2.45, 2.75) is 78.1 Å². The second kappa shape index (κ2) is 15.6. The average molecular weight is 639 g/mol. The molecular formula is C32H42N6O2S3. The first-order valence-corrected chi connectivity index (χ1v) is 17.0. The number of nitrogens with one attached hydrogen (secondary N) is 2. The summed E-state index contributed by atoms with van der Waals surface area (Å²) in [5.74, 6) is 1.12.